The number of nitrogens with one attached hydrogen (secondary N) is 2. The van der Waals surface area contributed by atoms with E-state index in [1.165, 1.54) is 24.8 Å². The van der Waals surface area contributed by atoms with Crippen LogP contribution in [0.25, 0.3) is 0 Å². The van der Waals surface area contributed by atoms with Crippen LogP contribution >= 0.6 is 0 Å². The van der Waals surface area contributed by atoms with Crippen LogP contribution in [-0.4, -0.2) is 18.1 Å². The summed E-state index contributed by atoms with van der Waals surface area (Å²) in [4.78, 5) is 4.64. The lowest BCUT2D eigenvalue weighted by Gasteiger charge is -2.17. The van der Waals surface area contributed by atoms with Crippen LogP contribution in [0, 0.1) is 23.7 Å². The van der Waals surface area contributed by atoms with Gasteiger partial charge in [-0.15, -0.1) is 0 Å². The number of nitrogens with two attached hydrogens (primary N) is 1. The van der Waals surface area contributed by atoms with E-state index in [1.54, 1.807) is 0 Å². The van der Waals surface area contributed by atoms with E-state index < -0.39 is 0 Å². The van der Waals surface area contributed by atoms with Crippen molar-refractivity contribution in [3.8, 4) is 6.07 Å². The van der Waals surface area contributed by atoms with Gasteiger partial charge in [0.05, 0.1) is 11.3 Å². The smallest absolute Gasteiger partial charge is 0.152 e. The van der Waals surface area contributed by atoms with Crippen LogP contribution in [0.5, 0.6) is 0 Å². The second-order valence-corrected chi connectivity index (χ2v) is 9.05. The molecule has 0 saturated heterocycles. The van der Waals surface area contributed by atoms with E-state index in [1.807, 2.05) is 13.8 Å². The largest absolute Gasteiger partial charge is 0.395 e. The summed E-state index contributed by atoms with van der Waals surface area (Å²) in [6.45, 7) is 19.7. The zero-order chi connectivity index (χ0) is 23.0. The zero-order valence-corrected chi connectivity index (χ0v) is 19.7. The van der Waals surface area contributed by atoms with Crippen molar-refractivity contribution in [3.63, 3.8) is 0 Å². The molecule has 2 rings (SSSR count). The lowest BCUT2D eigenvalue weighted by atomic mass is 9.92. The molecule has 0 amide bonds. The van der Waals surface area contributed by atoms with Crippen molar-refractivity contribution < 1.29 is 0 Å². The van der Waals surface area contributed by atoms with Gasteiger partial charge in [-0.1, -0.05) is 42.9 Å². The van der Waals surface area contributed by atoms with Crippen LogP contribution in [0.1, 0.15) is 76.3 Å². The molecule has 5 nitrogen and oxygen atoms in total. The standard InChI is InChI=1S/C26H39N5/c1-18(2)20(5)11-7-9-15-30-25-23(28)21(6)22(17-27)24(31-25)29-16-10-8-12-26(13-14-26)19(3)4/h1,3,5,7-16,28H2,2,4,6H3,(H2,29,30,31). The Bertz CT molecular complexity index is 871. The molecule has 1 aromatic heterocycles. The highest BCUT2D eigenvalue weighted by Gasteiger charge is 2.42. The van der Waals surface area contributed by atoms with Gasteiger partial charge in [0.2, 0.25) is 0 Å². The Kier molecular flexibility index (Phi) is 8.74. The molecule has 0 atom stereocenters. The van der Waals surface area contributed by atoms with Gasteiger partial charge in [0.1, 0.15) is 11.9 Å². The van der Waals surface area contributed by atoms with Gasteiger partial charge in [-0.05, 0) is 76.7 Å². The molecule has 0 spiro atoms. The highest BCUT2D eigenvalue weighted by atomic mass is 15.1. The lowest BCUT2D eigenvalue weighted by Crippen LogP contribution is -2.13. The maximum Gasteiger partial charge on any atom is 0.152 e. The average molecular weight is 422 g/mol. The van der Waals surface area contributed by atoms with E-state index in [4.69, 9.17) is 5.73 Å². The number of hydrogen-bond donors (Lipinski definition) is 3. The van der Waals surface area contributed by atoms with Gasteiger partial charge < -0.3 is 16.4 Å². The van der Waals surface area contributed by atoms with Crippen molar-refractivity contribution >= 4 is 17.3 Å². The minimum Gasteiger partial charge on any atom is -0.395 e. The topological polar surface area (TPSA) is 86.8 Å². The number of rotatable bonds is 14. The molecule has 1 aliphatic carbocycles. The number of nitriles is 1. The summed E-state index contributed by atoms with van der Waals surface area (Å²) in [6.07, 6.45) is 8.92. The Morgan fingerprint density at radius 2 is 1.68 bits per heavy atom. The summed E-state index contributed by atoms with van der Waals surface area (Å²) in [5.41, 5.74) is 12.0. The quantitative estimate of drug-likeness (QED) is 0.181. The number of pyridine rings is 1. The number of hydrogen-bond acceptors (Lipinski definition) is 5. The van der Waals surface area contributed by atoms with Crippen molar-refractivity contribution in [2.45, 2.75) is 72.1 Å². The first kappa shape index (κ1) is 24.5. The lowest BCUT2D eigenvalue weighted by molar-refractivity contribution is 0.513. The normalized spacial score (nSPS) is 13.9. The van der Waals surface area contributed by atoms with E-state index in [2.05, 4.69) is 48.3 Å². The SMILES string of the molecule is C=C(C)C(=C)CCCCNc1nc(NCCCCC2(C(=C)C)CC2)c(C#N)c(C)c1N. The van der Waals surface area contributed by atoms with Crippen LogP contribution < -0.4 is 16.4 Å². The molecule has 4 N–H and O–H groups in total. The molecule has 31 heavy (non-hydrogen) atoms. The van der Waals surface area contributed by atoms with E-state index in [0.29, 0.717) is 28.3 Å². The van der Waals surface area contributed by atoms with E-state index >= 15 is 0 Å². The number of nitrogen functional groups attached to an aromatic ring is 1. The molecule has 0 aliphatic heterocycles. The van der Waals surface area contributed by atoms with Crippen molar-refractivity contribution in [3.05, 3.63) is 47.6 Å². The molecule has 0 bridgehead atoms. The predicted molar refractivity (Wildman–Crippen MR) is 133 cm³/mol. The highest BCUT2D eigenvalue weighted by Crippen LogP contribution is 2.54. The maximum atomic E-state index is 9.61. The fourth-order valence-electron chi connectivity index (χ4n) is 3.84. The van der Waals surface area contributed by atoms with Gasteiger partial charge in [-0.25, -0.2) is 4.98 Å². The number of aromatic nitrogens is 1. The third-order valence-corrected chi connectivity index (χ3v) is 6.54. The molecule has 1 fully saturated rings. The first-order chi connectivity index (χ1) is 14.7. The average Bonchev–Trinajstić information content (AvgIpc) is 3.52. The number of allylic oxidation sites excluding steroid dienone is 3. The van der Waals surface area contributed by atoms with Crippen LogP contribution in [0.15, 0.2) is 36.5 Å². The minimum atomic E-state index is 0.404. The molecule has 5 heteroatoms. The van der Waals surface area contributed by atoms with Gasteiger partial charge >= 0.3 is 0 Å². The Morgan fingerprint density at radius 3 is 2.23 bits per heavy atom. The van der Waals surface area contributed by atoms with Crippen LogP contribution in [0.3, 0.4) is 0 Å². The summed E-state index contributed by atoms with van der Waals surface area (Å²) < 4.78 is 0. The molecule has 0 aromatic carbocycles. The summed E-state index contributed by atoms with van der Waals surface area (Å²) in [6, 6.07) is 2.26. The van der Waals surface area contributed by atoms with Crippen molar-refractivity contribution in [2.24, 2.45) is 5.41 Å². The van der Waals surface area contributed by atoms with Crippen molar-refractivity contribution in [2.75, 3.05) is 29.5 Å². The van der Waals surface area contributed by atoms with Gasteiger partial charge in [0.25, 0.3) is 0 Å². The highest BCUT2D eigenvalue weighted by molar-refractivity contribution is 5.74. The van der Waals surface area contributed by atoms with E-state index in [0.717, 1.165) is 61.9 Å². The second-order valence-electron chi connectivity index (χ2n) is 9.05. The molecule has 0 radical (unpaired) electrons. The summed E-state index contributed by atoms with van der Waals surface area (Å²) in [5.74, 6) is 1.27. The molecule has 1 heterocycles. The van der Waals surface area contributed by atoms with Crippen LogP contribution in [-0.2, 0) is 0 Å². The Labute approximate surface area is 188 Å². The molecule has 168 valence electrons. The Hall–Kier alpha value is -2.74. The molecule has 1 saturated carbocycles. The molecular weight excluding hydrogens is 382 g/mol. The first-order valence-corrected chi connectivity index (χ1v) is 11.4. The fourth-order valence-corrected chi connectivity index (χ4v) is 3.84. The first-order valence-electron chi connectivity index (χ1n) is 11.4. The summed E-state index contributed by atoms with van der Waals surface area (Å²) >= 11 is 0. The van der Waals surface area contributed by atoms with Crippen LogP contribution in [0.2, 0.25) is 0 Å². The molecule has 1 aromatic rings. The van der Waals surface area contributed by atoms with Gasteiger partial charge in [-0.2, -0.15) is 5.26 Å². The number of anilines is 3. The summed E-state index contributed by atoms with van der Waals surface area (Å²) in [5, 5.41) is 16.3. The number of unbranched alkanes of at least 4 members (excludes halogenated alkanes) is 2. The Morgan fingerprint density at radius 1 is 1.06 bits per heavy atom. The third kappa shape index (κ3) is 6.62. The fraction of sp³-hybridized carbons (Fsp3) is 0.538. The zero-order valence-electron chi connectivity index (χ0n) is 19.7. The second kappa shape index (κ2) is 11.0. The minimum absolute atomic E-state index is 0.404. The van der Waals surface area contributed by atoms with Gasteiger partial charge in [0.15, 0.2) is 5.82 Å². The Balaban J connectivity index is 1.88. The summed E-state index contributed by atoms with van der Waals surface area (Å²) in [7, 11) is 0. The van der Waals surface area contributed by atoms with E-state index in [9.17, 15) is 5.26 Å². The van der Waals surface area contributed by atoms with E-state index in [-0.39, 0.29) is 0 Å². The monoisotopic (exact) mass is 421 g/mol. The number of nitrogens with zero attached hydrogens (tertiary/aromatic N) is 2. The van der Waals surface area contributed by atoms with Gasteiger partial charge in [-0.3, -0.25) is 0 Å². The molecule has 0 unspecified atom stereocenters. The third-order valence-electron chi connectivity index (χ3n) is 6.54. The van der Waals surface area contributed by atoms with Gasteiger partial charge in [0, 0.05) is 13.1 Å². The maximum absolute atomic E-state index is 9.61. The van der Waals surface area contributed by atoms with Crippen LogP contribution in [0.4, 0.5) is 17.3 Å². The molecular formula is C26H39N5. The predicted octanol–water partition coefficient (Wildman–Crippen LogP) is 6.50. The van der Waals surface area contributed by atoms with Crippen molar-refractivity contribution in [1.29, 1.82) is 5.26 Å². The molecule has 1 aliphatic rings. The van der Waals surface area contributed by atoms with Crippen molar-refractivity contribution in [1.82, 2.24) is 4.98 Å².